The Balaban J connectivity index is 1.90. The molecule has 1 unspecified atom stereocenters. The van der Waals surface area contributed by atoms with Crippen molar-refractivity contribution in [3.05, 3.63) is 58.7 Å². The van der Waals surface area contributed by atoms with Crippen molar-refractivity contribution in [3.8, 4) is 5.75 Å². The third kappa shape index (κ3) is 1.59. The van der Waals surface area contributed by atoms with Gasteiger partial charge in [-0.15, -0.1) is 0 Å². The summed E-state index contributed by atoms with van der Waals surface area (Å²) in [4.78, 5) is 26.8. The number of rotatable bonds is 1. The van der Waals surface area contributed by atoms with Crippen LogP contribution in [0, 0.1) is 6.92 Å². The lowest BCUT2D eigenvalue weighted by atomic mass is 10.0. The van der Waals surface area contributed by atoms with Crippen LogP contribution in [0.1, 0.15) is 38.0 Å². The van der Waals surface area contributed by atoms with Crippen molar-refractivity contribution >= 4 is 17.5 Å². The second-order valence-corrected chi connectivity index (χ2v) is 5.52. The Morgan fingerprint density at radius 1 is 1.09 bits per heavy atom. The summed E-state index contributed by atoms with van der Waals surface area (Å²) in [6.45, 7) is 1.95. The van der Waals surface area contributed by atoms with Gasteiger partial charge in [-0.2, -0.15) is 0 Å². The summed E-state index contributed by atoms with van der Waals surface area (Å²) in [7, 11) is 1.55. The molecule has 0 saturated heterocycles. The third-order valence-corrected chi connectivity index (χ3v) is 4.19. The van der Waals surface area contributed by atoms with Crippen LogP contribution in [0.3, 0.4) is 0 Å². The molecule has 2 aromatic carbocycles. The molecule has 5 heteroatoms. The molecule has 0 saturated carbocycles. The Morgan fingerprint density at radius 2 is 1.91 bits per heavy atom. The van der Waals surface area contributed by atoms with Crippen molar-refractivity contribution in [2.75, 3.05) is 12.0 Å². The Kier molecular flexibility index (Phi) is 2.54. The molecular weight excluding hydrogens is 280 g/mol. The van der Waals surface area contributed by atoms with Crippen LogP contribution in [0.2, 0.25) is 0 Å². The van der Waals surface area contributed by atoms with E-state index in [1.165, 1.54) is 0 Å². The molecule has 1 atom stereocenters. The number of carbonyl (C=O) groups excluding carboxylic acids is 2. The molecule has 2 aliphatic rings. The number of benzene rings is 2. The quantitative estimate of drug-likeness (QED) is 0.878. The van der Waals surface area contributed by atoms with Crippen LogP contribution in [0.5, 0.6) is 5.75 Å². The average molecular weight is 294 g/mol. The standard InChI is InChI=1S/C17H14N2O3/c1-9-3-5-11-12(7-9)17(21)19-14-6-4-10(22-2)8-13(14)16(20)18-15(11)19/h3-8,15H,1-2H3,(H,18,20). The summed E-state index contributed by atoms with van der Waals surface area (Å²) >= 11 is 0. The van der Waals surface area contributed by atoms with E-state index in [0.29, 0.717) is 22.6 Å². The number of ether oxygens (including phenoxy) is 1. The van der Waals surface area contributed by atoms with Gasteiger partial charge >= 0.3 is 0 Å². The van der Waals surface area contributed by atoms with E-state index in [2.05, 4.69) is 5.32 Å². The zero-order valence-corrected chi connectivity index (χ0v) is 12.2. The predicted octanol–water partition coefficient (Wildman–Crippen LogP) is 2.41. The summed E-state index contributed by atoms with van der Waals surface area (Å²) < 4.78 is 5.16. The maximum atomic E-state index is 12.8. The molecule has 1 N–H and O–H groups in total. The molecule has 2 aromatic rings. The minimum atomic E-state index is -0.434. The maximum absolute atomic E-state index is 12.8. The highest BCUT2D eigenvalue weighted by atomic mass is 16.5. The molecule has 2 amide bonds. The van der Waals surface area contributed by atoms with Gasteiger partial charge in [-0.25, -0.2) is 0 Å². The van der Waals surface area contributed by atoms with E-state index in [0.717, 1.165) is 11.1 Å². The van der Waals surface area contributed by atoms with E-state index < -0.39 is 6.17 Å². The van der Waals surface area contributed by atoms with Gasteiger partial charge in [-0.1, -0.05) is 17.7 Å². The van der Waals surface area contributed by atoms with E-state index >= 15 is 0 Å². The fourth-order valence-electron chi connectivity index (χ4n) is 3.11. The molecule has 0 aromatic heterocycles. The van der Waals surface area contributed by atoms with E-state index in [1.54, 1.807) is 30.2 Å². The van der Waals surface area contributed by atoms with Gasteiger partial charge in [0, 0.05) is 11.1 Å². The number of methoxy groups -OCH3 is 1. The van der Waals surface area contributed by atoms with Gasteiger partial charge in [-0.3, -0.25) is 14.5 Å². The van der Waals surface area contributed by atoms with Gasteiger partial charge in [0.1, 0.15) is 11.9 Å². The first-order chi connectivity index (χ1) is 10.6. The van der Waals surface area contributed by atoms with Crippen molar-refractivity contribution in [3.63, 3.8) is 0 Å². The van der Waals surface area contributed by atoms with Crippen LogP contribution in [0.4, 0.5) is 5.69 Å². The monoisotopic (exact) mass is 294 g/mol. The Hall–Kier alpha value is -2.82. The highest BCUT2D eigenvalue weighted by Crippen LogP contribution is 2.41. The van der Waals surface area contributed by atoms with Crippen LogP contribution in [0.25, 0.3) is 0 Å². The van der Waals surface area contributed by atoms with Crippen molar-refractivity contribution in [1.29, 1.82) is 0 Å². The second kappa shape index (κ2) is 4.34. The third-order valence-electron chi connectivity index (χ3n) is 4.19. The molecule has 4 rings (SSSR count). The first-order valence-corrected chi connectivity index (χ1v) is 7.03. The van der Waals surface area contributed by atoms with E-state index in [9.17, 15) is 9.59 Å². The number of amides is 2. The Labute approximate surface area is 127 Å². The molecule has 0 aliphatic carbocycles. The summed E-state index contributed by atoms with van der Waals surface area (Å²) in [5.74, 6) is 0.304. The topological polar surface area (TPSA) is 58.6 Å². The SMILES string of the molecule is COc1ccc2c(c1)C(=O)NC1c3ccc(C)cc3C(=O)N21. The number of carbonyl (C=O) groups is 2. The van der Waals surface area contributed by atoms with E-state index in [4.69, 9.17) is 4.74 Å². The van der Waals surface area contributed by atoms with Gasteiger partial charge in [-0.05, 0) is 31.2 Å². The first kappa shape index (κ1) is 12.9. The van der Waals surface area contributed by atoms with Gasteiger partial charge in [0.2, 0.25) is 0 Å². The van der Waals surface area contributed by atoms with Crippen molar-refractivity contribution in [2.24, 2.45) is 0 Å². The fourth-order valence-corrected chi connectivity index (χ4v) is 3.11. The van der Waals surface area contributed by atoms with Crippen molar-refractivity contribution in [2.45, 2.75) is 13.1 Å². The summed E-state index contributed by atoms with van der Waals surface area (Å²) in [5, 5.41) is 2.90. The van der Waals surface area contributed by atoms with Crippen LogP contribution in [-0.2, 0) is 0 Å². The summed E-state index contributed by atoms with van der Waals surface area (Å²) in [5.41, 5.74) is 3.58. The molecule has 22 heavy (non-hydrogen) atoms. The minimum Gasteiger partial charge on any atom is -0.497 e. The van der Waals surface area contributed by atoms with Crippen LogP contribution in [0.15, 0.2) is 36.4 Å². The number of nitrogens with zero attached hydrogens (tertiary/aromatic N) is 1. The number of fused-ring (bicyclic) bond motifs is 5. The highest BCUT2D eigenvalue weighted by Gasteiger charge is 2.43. The lowest BCUT2D eigenvalue weighted by molar-refractivity contribution is 0.0911. The Bertz CT molecular complexity index is 829. The molecule has 0 bridgehead atoms. The van der Waals surface area contributed by atoms with Crippen molar-refractivity contribution in [1.82, 2.24) is 5.32 Å². The Morgan fingerprint density at radius 3 is 2.68 bits per heavy atom. The van der Waals surface area contributed by atoms with Crippen LogP contribution in [-0.4, -0.2) is 18.9 Å². The summed E-state index contributed by atoms with van der Waals surface area (Å²) in [6.07, 6.45) is -0.434. The van der Waals surface area contributed by atoms with Crippen LogP contribution < -0.4 is 15.0 Å². The molecule has 5 nitrogen and oxygen atoms in total. The molecule has 110 valence electrons. The summed E-state index contributed by atoms with van der Waals surface area (Å²) in [6, 6.07) is 10.9. The zero-order valence-electron chi connectivity index (χ0n) is 12.2. The smallest absolute Gasteiger partial charge is 0.260 e. The lowest BCUT2D eigenvalue weighted by Gasteiger charge is -2.32. The predicted molar refractivity (Wildman–Crippen MR) is 81.2 cm³/mol. The molecule has 2 aliphatic heterocycles. The fraction of sp³-hybridized carbons (Fsp3) is 0.176. The maximum Gasteiger partial charge on any atom is 0.260 e. The van der Waals surface area contributed by atoms with E-state index in [1.807, 2.05) is 25.1 Å². The highest BCUT2D eigenvalue weighted by molar-refractivity contribution is 6.16. The van der Waals surface area contributed by atoms with Gasteiger partial charge in [0.25, 0.3) is 11.8 Å². The van der Waals surface area contributed by atoms with E-state index in [-0.39, 0.29) is 11.8 Å². The lowest BCUT2D eigenvalue weighted by Crippen LogP contribution is -2.45. The van der Waals surface area contributed by atoms with Crippen LogP contribution >= 0.6 is 0 Å². The second-order valence-electron chi connectivity index (χ2n) is 5.52. The molecule has 2 heterocycles. The minimum absolute atomic E-state index is 0.0879. The number of hydrogen-bond donors (Lipinski definition) is 1. The van der Waals surface area contributed by atoms with Crippen molar-refractivity contribution < 1.29 is 14.3 Å². The number of aryl methyl sites for hydroxylation is 1. The normalized spacial score (nSPS) is 18.5. The molecular formula is C17H14N2O3. The number of hydrogen-bond acceptors (Lipinski definition) is 3. The number of nitrogens with one attached hydrogen (secondary N) is 1. The molecule has 0 fully saturated rings. The molecule has 0 spiro atoms. The number of anilines is 1. The van der Waals surface area contributed by atoms with Gasteiger partial charge < -0.3 is 10.1 Å². The van der Waals surface area contributed by atoms with Gasteiger partial charge in [0.15, 0.2) is 0 Å². The first-order valence-electron chi connectivity index (χ1n) is 7.03. The van der Waals surface area contributed by atoms with Gasteiger partial charge in [0.05, 0.1) is 18.4 Å². The zero-order chi connectivity index (χ0) is 15.4. The molecule has 0 radical (unpaired) electrons. The largest absolute Gasteiger partial charge is 0.497 e. The average Bonchev–Trinajstić information content (AvgIpc) is 2.79.